The number of carbonyl (C=O) groups excluding carboxylic acids is 1. The maximum absolute atomic E-state index is 13.8. The van der Waals surface area contributed by atoms with Crippen LogP contribution in [0.1, 0.15) is 23.2 Å². The van der Waals surface area contributed by atoms with Gasteiger partial charge in [-0.1, -0.05) is 12.1 Å². The smallest absolute Gasteiger partial charge is 0.255 e. The van der Waals surface area contributed by atoms with E-state index in [0.717, 1.165) is 37.0 Å². The minimum atomic E-state index is -0.432. The normalized spacial score (nSPS) is 16.2. The van der Waals surface area contributed by atoms with E-state index < -0.39 is 5.82 Å². The fourth-order valence-corrected chi connectivity index (χ4v) is 3.97. The van der Waals surface area contributed by atoms with Crippen LogP contribution in [-0.2, 0) is 0 Å². The molecule has 7 heteroatoms. The highest BCUT2D eigenvalue weighted by Gasteiger charge is 2.23. The molecule has 1 aliphatic rings. The van der Waals surface area contributed by atoms with Crippen molar-refractivity contribution in [1.82, 2.24) is 24.6 Å². The molecular weight excluding hydrogens is 357 g/mol. The Hall–Kier alpha value is -3.06. The summed E-state index contributed by atoms with van der Waals surface area (Å²) in [6.07, 6.45) is 3.02. The summed E-state index contributed by atoms with van der Waals surface area (Å²) in [5.74, 6) is -0.612. The van der Waals surface area contributed by atoms with E-state index in [1.807, 2.05) is 28.7 Å². The monoisotopic (exact) mass is 377 g/mol. The number of hydrogen-bond donors (Lipinski definition) is 1. The van der Waals surface area contributed by atoms with E-state index in [1.165, 1.54) is 12.3 Å². The van der Waals surface area contributed by atoms with Crippen LogP contribution in [0.4, 0.5) is 4.39 Å². The highest BCUT2D eigenvalue weighted by atomic mass is 19.1. The molecule has 0 aliphatic carbocycles. The Morgan fingerprint density at radius 2 is 1.96 bits per heavy atom. The van der Waals surface area contributed by atoms with Crippen molar-refractivity contribution in [2.75, 3.05) is 20.1 Å². The number of para-hydroxylation sites is 2. The zero-order valence-electron chi connectivity index (χ0n) is 15.5. The van der Waals surface area contributed by atoms with E-state index in [4.69, 9.17) is 0 Å². The minimum Gasteiger partial charge on any atom is -0.349 e. The predicted octanol–water partition coefficient (Wildman–Crippen LogP) is 3.00. The molecule has 28 heavy (non-hydrogen) atoms. The van der Waals surface area contributed by atoms with Crippen LogP contribution in [0.25, 0.3) is 27.7 Å². The second-order valence-electron chi connectivity index (χ2n) is 7.43. The zero-order chi connectivity index (χ0) is 19.3. The van der Waals surface area contributed by atoms with Gasteiger partial charge in [0.2, 0.25) is 0 Å². The number of carbonyl (C=O) groups is 1. The van der Waals surface area contributed by atoms with E-state index in [-0.39, 0.29) is 11.9 Å². The molecule has 1 fully saturated rings. The molecular formula is C21H20FN5O. The second-order valence-corrected chi connectivity index (χ2v) is 7.43. The van der Waals surface area contributed by atoms with Gasteiger partial charge in [-0.25, -0.2) is 14.4 Å². The van der Waals surface area contributed by atoms with E-state index in [2.05, 4.69) is 27.2 Å². The van der Waals surface area contributed by atoms with Gasteiger partial charge in [0.05, 0.1) is 22.8 Å². The molecule has 0 saturated carbocycles. The first-order valence-electron chi connectivity index (χ1n) is 9.45. The molecule has 0 bridgehead atoms. The highest BCUT2D eigenvalue weighted by Crippen LogP contribution is 2.26. The lowest BCUT2D eigenvalue weighted by atomic mass is 10.0. The van der Waals surface area contributed by atoms with Crippen LogP contribution in [-0.4, -0.2) is 51.4 Å². The molecule has 1 saturated heterocycles. The molecule has 0 atom stereocenters. The van der Waals surface area contributed by atoms with Crippen molar-refractivity contribution in [1.29, 1.82) is 0 Å². The molecule has 4 heterocycles. The molecule has 0 radical (unpaired) electrons. The number of piperidine rings is 1. The van der Waals surface area contributed by atoms with E-state index in [1.54, 1.807) is 6.07 Å². The number of rotatable bonds is 2. The fraction of sp³-hybridized carbons (Fsp3) is 0.286. The maximum atomic E-state index is 13.8. The number of benzene rings is 1. The summed E-state index contributed by atoms with van der Waals surface area (Å²) >= 11 is 0. The molecule has 1 amide bonds. The van der Waals surface area contributed by atoms with Gasteiger partial charge in [-0.2, -0.15) is 0 Å². The van der Waals surface area contributed by atoms with E-state index >= 15 is 0 Å². The molecule has 1 aliphatic heterocycles. The van der Waals surface area contributed by atoms with Crippen molar-refractivity contribution < 1.29 is 9.18 Å². The second kappa shape index (κ2) is 6.53. The van der Waals surface area contributed by atoms with Crippen molar-refractivity contribution >= 4 is 33.6 Å². The molecule has 142 valence electrons. The van der Waals surface area contributed by atoms with Gasteiger partial charge in [0, 0.05) is 11.4 Å². The van der Waals surface area contributed by atoms with E-state index in [0.29, 0.717) is 22.2 Å². The van der Waals surface area contributed by atoms with Gasteiger partial charge in [-0.15, -0.1) is 0 Å². The van der Waals surface area contributed by atoms with Crippen molar-refractivity contribution in [3.8, 4) is 0 Å². The largest absolute Gasteiger partial charge is 0.349 e. The Morgan fingerprint density at radius 1 is 1.18 bits per heavy atom. The van der Waals surface area contributed by atoms with Crippen LogP contribution in [0.2, 0.25) is 0 Å². The summed E-state index contributed by atoms with van der Waals surface area (Å²) < 4.78 is 15.7. The van der Waals surface area contributed by atoms with Crippen molar-refractivity contribution in [2.45, 2.75) is 18.9 Å². The van der Waals surface area contributed by atoms with Crippen LogP contribution < -0.4 is 5.32 Å². The number of imidazole rings is 1. The Labute approximate surface area is 161 Å². The molecule has 6 nitrogen and oxygen atoms in total. The van der Waals surface area contributed by atoms with Gasteiger partial charge in [-0.05, 0) is 57.2 Å². The van der Waals surface area contributed by atoms with Gasteiger partial charge in [0.25, 0.3) is 5.91 Å². The van der Waals surface area contributed by atoms with Gasteiger partial charge in [0.15, 0.2) is 5.65 Å². The third-order valence-corrected chi connectivity index (χ3v) is 5.47. The van der Waals surface area contributed by atoms with Crippen LogP contribution in [0, 0.1) is 5.82 Å². The predicted molar refractivity (Wildman–Crippen MR) is 106 cm³/mol. The third kappa shape index (κ3) is 2.79. The lowest BCUT2D eigenvalue weighted by Crippen LogP contribution is -2.43. The summed E-state index contributed by atoms with van der Waals surface area (Å²) in [6, 6.07) is 10.9. The van der Waals surface area contributed by atoms with E-state index in [9.17, 15) is 9.18 Å². The molecule has 0 spiro atoms. The average Bonchev–Trinajstić information content (AvgIpc) is 3.08. The SMILES string of the molecule is CN1CCC(NC(=O)c2cc3cc(F)cnc3n3c2nc2ccccc23)CC1. The Kier molecular flexibility index (Phi) is 3.98. The lowest BCUT2D eigenvalue weighted by Gasteiger charge is -2.29. The number of nitrogens with one attached hydrogen (secondary N) is 1. The average molecular weight is 377 g/mol. The summed E-state index contributed by atoms with van der Waals surface area (Å²) in [6.45, 7) is 1.92. The fourth-order valence-electron chi connectivity index (χ4n) is 3.97. The Balaban J connectivity index is 1.67. The van der Waals surface area contributed by atoms with Crippen LogP contribution >= 0.6 is 0 Å². The molecule has 3 aromatic heterocycles. The van der Waals surface area contributed by atoms with Crippen molar-refractivity contribution in [2.24, 2.45) is 0 Å². The number of likely N-dealkylation sites (tertiary alicyclic amines) is 1. The molecule has 1 aromatic carbocycles. The molecule has 1 N–H and O–H groups in total. The number of amides is 1. The first-order chi connectivity index (χ1) is 13.6. The quantitative estimate of drug-likeness (QED) is 0.583. The van der Waals surface area contributed by atoms with Gasteiger partial charge in [-0.3, -0.25) is 9.20 Å². The Morgan fingerprint density at radius 3 is 2.79 bits per heavy atom. The van der Waals surface area contributed by atoms with Crippen LogP contribution in [0.15, 0.2) is 42.6 Å². The first kappa shape index (κ1) is 17.1. The number of hydrogen-bond acceptors (Lipinski definition) is 4. The molecule has 0 unspecified atom stereocenters. The summed E-state index contributed by atoms with van der Waals surface area (Å²) in [4.78, 5) is 24.3. The number of nitrogens with zero attached hydrogens (tertiary/aromatic N) is 4. The first-order valence-corrected chi connectivity index (χ1v) is 9.45. The summed E-state index contributed by atoms with van der Waals surface area (Å²) in [5, 5.41) is 3.71. The van der Waals surface area contributed by atoms with Crippen LogP contribution in [0.5, 0.6) is 0 Å². The Bertz CT molecular complexity index is 1210. The number of pyridine rings is 2. The van der Waals surface area contributed by atoms with Gasteiger partial charge in [0.1, 0.15) is 11.5 Å². The number of halogens is 1. The summed E-state index contributed by atoms with van der Waals surface area (Å²) in [5.41, 5.74) is 3.18. The van der Waals surface area contributed by atoms with Gasteiger partial charge < -0.3 is 10.2 Å². The maximum Gasteiger partial charge on any atom is 0.255 e. The van der Waals surface area contributed by atoms with Crippen molar-refractivity contribution in [3.63, 3.8) is 0 Å². The van der Waals surface area contributed by atoms with Crippen molar-refractivity contribution in [3.05, 3.63) is 54.0 Å². The molecule has 5 rings (SSSR count). The van der Waals surface area contributed by atoms with Crippen LogP contribution in [0.3, 0.4) is 0 Å². The topological polar surface area (TPSA) is 62.5 Å². The zero-order valence-corrected chi connectivity index (χ0v) is 15.5. The summed E-state index contributed by atoms with van der Waals surface area (Å²) in [7, 11) is 2.09. The van der Waals surface area contributed by atoms with Gasteiger partial charge >= 0.3 is 0 Å². The minimum absolute atomic E-state index is 0.134. The lowest BCUT2D eigenvalue weighted by molar-refractivity contribution is 0.0918. The third-order valence-electron chi connectivity index (χ3n) is 5.47. The molecule has 4 aromatic rings. The number of aromatic nitrogens is 3. The highest BCUT2D eigenvalue weighted by molar-refractivity contribution is 6.05. The number of fused-ring (bicyclic) bond motifs is 5. The standard InChI is InChI=1S/C21H20FN5O/c1-26-8-6-15(7-9-26)24-21(28)16-11-13-10-14(22)12-23-19(13)27-18-5-3-2-4-17(18)25-20(16)27/h2-5,10-12,15H,6-9H2,1H3,(H,24,28).